The second kappa shape index (κ2) is 8.22. The molecule has 0 aliphatic carbocycles. The van der Waals surface area contributed by atoms with Crippen LogP contribution in [0.5, 0.6) is 5.75 Å². The van der Waals surface area contributed by atoms with Crippen LogP contribution in [-0.2, 0) is 4.79 Å². The number of carbonyl (C=O) groups is 1. The lowest BCUT2D eigenvalue weighted by Gasteiger charge is -2.11. The van der Waals surface area contributed by atoms with Gasteiger partial charge < -0.3 is 15.4 Å². The number of rotatable bonds is 7. The Labute approximate surface area is 137 Å². The fraction of sp³-hybridized carbons (Fsp3) is 0.316. The van der Waals surface area contributed by atoms with Crippen LogP contribution in [0.25, 0.3) is 0 Å². The van der Waals surface area contributed by atoms with Gasteiger partial charge in [0.1, 0.15) is 12.4 Å². The van der Waals surface area contributed by atoms with Crippen LogP contribution in [0.15, 0.2) is 42.5 Å². The molecule has 2 rings (SSSR count). The van der Waals surface area contributed by atoms with Crippen LogP contribution in [0.1, 0.15) is 16.7 Å². The molecule has 2 aromatic rings. The molecule has 0 unspecified atom stereocenters. The van der Waals surface area contributed by atoms with E-state index in [-0.39, 0.29) is 12.5 Å². The Morgan fingerprint density at radius 2 is 1.83 bits per heavy atom. The van der Waals surface area contributed by atoms with Crippen LogP contribution in [0.3, 0.4) is 0 Å². The molecule has 0 aliphatic rings. The van der Waals surface area contributed by atoms with Gasteiger partial charge in [-0.05, 0) is 50.1 Å². The molecule has 0 saturated heterocycles. The summed E-state index contributed by atoms with van der Waals surface area (Å²) in [5.74, 6) is 0.783. The normalized spacial score (nSPS) is 10.2. The number of nitrogens with one attached hydrogen (secondary N) is 2. The van der Waals surface area contributed by atoms with E-state index in [0.717, 1.165) is 22.6 Å². The Morgan fingerprint density at radius 3 is 2.57 bits per heavy atom. The molecule has 0 radical (unpaired) electrons. The average molecular weight is 312 g/mol. The molecule has 2 N–H and O–H groups in total. The van der Waals surface area contributed by atoms with Crippen molar-refractivity contribution >= 4 is 11.6 Å². The predicted molar refractivity (Wildman–Crippen MR) is 94.1 cm³/mol. The number of amides is 1. The highest BCUT2D eigenvalue weighted by Gasteiger charge is 2.03. The molecule has 0 fully saturated rings. The third-order valence-corrected chi connectivity index (χ3v) is 3.50. The van der Waals surface area contributed by atoms with Gasteiger partial charge in [0.25, 0.3) is 0 Å². The van der Waals surface area contributed by atoms with Crippen LogP contribution in [0, 0.1) is 20.8 Å². The molecule has 1 amide bonds. The molecule has 0 aliphatic heterocycles. The zero-order valence-electron chi connectivity index (χ0n) is 14.0. The number of ether oxygens (including phenoxy) is 1. The second-order valence-electron chi connectivity index (χ2n) is 5.69. The van der Waals surface area contributed by atoms with Gasteiger partial charge in [-0.2, -0.15) is 0 Å². The number of carbonyl (C=O) groups excluding carboxylic acids is 1. The lowest BCUT2D eigenvalue weighted by atomic mass is 10.1. The van der Waals surface area contributed by atoms with E-state index in [1.807, 2.05) is 50.2 Å². The molecule has 23 heavy (non-hydrogen) atoms. The lowest BCUT2D eigenvalue weighted by molar-refractivity contribution is -0.119. The van der Waals surface area contributed by atoms with E-state index >= 15 is 0 Å². The van der Waals surface area contributed by atoms with Crippen LogP contribution in [-0.4, -0.2) is 25.6 Å². The van der Waals surface area contributed by atoms with Crippen LogP contribution in [0.4, 0.5) is 5.69 Å². The lowest BCUT2D eigenvalue weighted by Crippen LogP contribution is -2.33. The number of hydrogen-bond acceptors (Lipinski definition) is 3. The number of benzene rings is 2. The molecule has 4 heteroatoms. The van der Waals surface area contributed by atoms with Crippen molar-refractivity contribution in [2.45, 2.75) is 20.8 Å². The van der Waals surface area contributed by atoms with Crippen LogP contribution >= 0.6 is 0 Å². The van der Waals surface area contributed by atoms with Crippen molar-refractivity contribution in [3.63, 3.8) is 0 Å². The molecule has 0 atom stereocenters. The van der Waals surface area contributed by atoms with Gasteiger partial charge in [0.15, 0.2) is 0 Å². The van der Waals surface area contributed by atoms with Crippen molar-refractivity contribution in [2.75, 3.05) is 25.0 Å². The quantitative estimate of drug-likeness (QED) is 0.772. The van der Waals surface area contributed by atoms with Gasteiger partial charge >= 0.3 is 0 Å². The summed E-state index contributed by atoms with van der Waals surface area (Å²) in [7, 11) is 0. The Kier molecular flexibility index (Phi) is 6.03. The number of aryl methyl sites for hydroxylation is 3. The van der Waals surface area contributed by atoms with E-state index < -0.39 is 0 Å². The third-order valence-electron chi connectivity index (χ3n) is 3.50. The minimum atomic E-state index is -0.0437. The highest BCUT2D eigenvalue weighted by molar-refractivity contribution is 5.80. The highest BCUT2D eigenvalue weighted by atomic mass is 16.5. The second-order valence-corrected chi connectivity index (χ2v) is 5.69. The monoisotopic (exact) mass is 312 g/mol. The fourth-order valence-corrected chi connectivity index (χ4v) is 2.31. The zero-order chi connectivity index (χ0) is 16.7. The smallest absolute Gasteiger partial charge is 0.239 e. The summed E-state index contributed by atoms with van der Waals surface area (Å²) >= 11 is 0. The van der Waals surface area contributed by atoms with Crippen LogP contribution < -0.4 is 15.4 Å². The van der Waals surface area contributed by atoms with Gasteiger partial charge in [0, 0.05) is 5.69 Å². The Bertz CT molecular complexity index is 668. The maximum atomic E-state index is 11.8. The summed E-state index contributed by atoms with van der Waals surface area (Å²) in [5, 5.41) is 6.00. The standard InChI is InChI=1S/C19H24N2O2/c1-14-5-4-6-17(12-14)23-10-9-20-19(22)13-21-18-8-7-15(2)11-16(18)3/h4-8,11-12,21H,9-10,13H2,1-3H3,(H,20,22). The van der Waals surface area contributed by atoms with E-state index in [9.17, 15) is 4.79 Å². The Morgan fingerprint density at radius 1 is 1.04 bits per heavy atom. The molecule has 0 aromatic heterocycles. The van der Waals surface area contributed by atoms with Gasteiger partial charge in [0.05, 0.1) is 13.1 Å². The molecule has 2 aromatic carbocycles. The first kappa shape index (κ1) is 16.9. The van der Waals surface area contributed by atoms with Crippen molar-refractivity contribution in [2.24, 2.45) is 0 Å². The predicted octanol–water partition coefficient (Wildman–Crippen LogP) is 3.22. The van der Waals surface area contributed by atoms with E-state index in [4.69, 9.17) is 4.74 Å². The van der Waals surface area contributed by atoms with E-state index in [0.29, 0.717) is 13.2 Å². The van der Waals surface area contributed by atoms with Gasteiger partial charge in [-0.3, -0.25) is 4.79 Å². The van der Waals surface area contributed by atoms with E-state index in [2.05, 4.69) is 23.6 Å². The molecular formula is C19H24N2O2. The summed E-state index contributed by atoms with van der Waals surface area (Å²) < 4.78 is 5.60. The van der Waals surface area contributed by atoms with E-state index in [1.165, 1.54) is 5.56 Å². The summed E-state index contributed by atoms with van der Waals surface area (Å²) in [6.07, 6.45) is 0. The minimum Gasteiger partial charge on any atom is -0.492 e. The molecule has 0 bridgehead atoms. The molecular weight excluding hydrogens is 288 g/mol. The van der Waals surface area contributed by atoms with Gasteiger partial charge in [-0.25, -0.2) is 0 Å². The molecule has 4 nitrogen and oxygen atoms in total. The summed E-state index contributed by atoms with van der Waals surface area (Å²) in [5.41, 5.74) is 4.50. The summed E-state index contributed by atoms with van der Waals surface area (Å²) in [4.78, 5) is 11.8. The van der Waals surface area contributed by atoms with Crippen molar-refractivity contribution in [3.8, 4) is 5.75 Å². The maximum absolute atomic E-state index is 11.8. The van der Waals surface area contributed by atoms with Crippen molar-refractivity contribution in [1.82, 2.24) is 5.32 Å². The SMILES string of the molecule is Cc1cccc(OCCNC(=O)CNc2ccc(C)cc2C)c1. The van der Waals surface area contributed by atoms with Crippen molar-refractivity contribution < 1.29 is 9.53 Å². The first-order valence-electron chi connectivity index (χ1n) is 7.82. The number of hydrogen-bond donors (Lipinski definition) is 2. The topological polar surface area (TPSA) is 50.4 Å². The molecule has 0 spiro atoms. The minimum absolute atomic E-state index is 0.0437. The first-order valence-corrected chi connectivity index (χ1v) is 7.82. The molecule has 0 heterocycles. The van der Waals surface area contributed by atoms with Gasteiger partial charge in [-0.1, -0.05) is 29.8 Å². The van der Waals surface area contributed by atoms with Gasteiger partial charge in [0.2, 0.25) is 5.91 Å². The highest BCUT2D eigenvalue weighted by Crippen LogP contribution is 2.15. The molecule has 0 saturated carbocycles. The molecule has 122 valence electrons. The first-order chi connectivity index (χ1) is 11.0. The van der Waals surface area contributed by atoms with Gasteiger partial charge in [-0.15, -0.1) is 0 Å². The third kappa shape index (κ3) is 5.66. The number of anilines is 1. The van der Waals surface area contributed by atoms with Crippen molar-refractivity contribution in [1.29, 1.82) is 0 Å². The zero-order valence-corrected chi connectivity index (χ0v) is 14.0. The maximum Gasteiger partial charge on any atom is 0.239 e. The average Bonchev–Trinajstić information content (AvgIpc) is 2.51. The van der Waals surface area contributed by atoms with E-state index in [1.54, 1.807) is 0 Å². The Balaban J connectivity index is 1.67. The van der Waals surface area contributed by atoms with Crippen molar-refractivity contribution in [3.05, 3.63) is 59.2 Å². The Hall–Kier alpha value is -2.49. The summed E-state index contributed by atoms with van der Waals surface area (Å²) in [6.45, 7) is 7.31. The largest absolute Gasteiger partial charge is 0.492 e. The fourth-order valence-electron chi connectivity index (χ4n) is 2.31. The van der Waals surface area contributed by atoms with Crippen LogP contribution in [0.2, 0.25) is 0 Å². The summed E-state index contributed by atoms with van der Waals surface area (Å²) in [6, 6.07) is 14.0.